The Morgan fingerprint density at radius 1 is 1.35 bits per heavy atom. The standard InChI is InChI=1S/C12H12N2O5S/c15-9-7-20-12(14(18)19)10(16)11(17)13(9)6-8-4-2-1-3-5-8/h1-5,10,12,16H,6-7H2. The Balaban J connectivity index is 2.22. The van der Waals surface area contributed by atoms with Gasteiger partial charge < -0.3 is 5.11 Å². The van der Waals surface area contributed by atoms with E-state index in [-0.39, 0.29) is 12.3 Å². The van der Waals surface area contributed by atoms with Crippen LogP contribution in [0.5, 0.6) is 0 Å². The van der Waals surface area contributed by atoms with Gasteiger partial charge in [0.05, 0.1) is 12.3 Å². The summed E-state index contributed by atoms with van der Waals surface area (Å²) in [5, 5.41) is 19.0. The van der Waals surface area contributed by atoms with Crippen molar-refractivity contribution < 1.29 is 19.6 Å². The highest BCUT2D eigenvalue weighted by molar-refractivity contribution is 8.00. The van der Waals surface area contributed by atoms with E-state index in [2.05, 4.69) is 0 Å². The van der Waals surface area contributed by atoms with Crippen LogP contribution in [0.25, 0.3) is 0 Å². The van der Waals surface area contributed by atoms with Crippen LogP contribution in [0.2, 0.25) is 0 Å². The van der Waals surface area contributed by atoms with Gasteiger partial charge in [0.25, 0.3) is 11.3 Å². The van der Waals surface area contributed by atoms with Gasteiger partial charge in [-0.3, -0.25) is 24.6 Å². The van der Waals surface area contributed by atoms with Gasteiger partial charge in [0.2, 0.25) is 12.0 Å². The molecule has 2 rings (SSSR count). The van der Waals surface area contributed by atoms with Crippen molar-refractivity contribution in [1.29, 1.82) is 0 Å². The van der Waals surface area contributed by atoms with Crippen molar-refractivity contribution >= 4 is 23.6 Å². The Kier molecular flexibility index (Phi) is 4.35. The molecule has 0 aliphatic carbocycles. The van der Waals surface area contributed by atoms with Gasteiger partial charge in [-0.05, 0) is 5.56 Å². The van der Waals surface area contributed by atoms with Crippen molar-refractivity contribution in [2.24, 2.45) is 0 Å². The fourth-order valence-electron chi connectivity index (χ4n) is 1.84. The first-order chi connectivity index (χ1) is 9.50. The molecule has 20 heavy (non-hydrogen) atoms. The predicted molar refractivity (Wildman–Crippen MR) is 71.2 cm³/mol. The van der Waals surface area contributed by atoms with Crippen LogP contribution in [0.3, 0.4) is 0 Å². The van der Waals surface area contributed by atoms with Crippen molar-refractivity contribution in [2.75, 3.05) is 5.75 Å². The molecule has 1 fully saturated rings. The topological polar surface area (TPSA) is 101 Å². The van der Waals surface area contributed by atoms with Gasteiger partial charge in [-0.15, -0.1) is 0 Å². The largest absolute Gasteiger partial charge is 0.376 e. The number of amides is 2. The molecule has 2 atom stereocenters. The predicted octanol–water partition coefficient (Wildman–Crippen LogP) is 0.252. The normalized spacial score (nSPS) is 23.6. The molecular weight excluding hydrogens is 284 g/mol. The minimum Gasteiger partial charge on any atom is -0.376 e. The summed E-state index contributed by atoms with van der Waals surface area (Å²) in [6.07, 6.45) is -1.81. The monoisotopic (exact) mass is 296 g/mol. The van der Waals surface area contributed by atoms with Crippen LogP contribution >= 0.6 is 11.8 Å². The van der Waals surface area contributed by atoms with Crippen molar-refractivity contribution in [2.45, 2.75) is 18.0 Å². The zero-order valence-corrected chi connectivity index (χ0v) is 11.2. The molecule has 1 heterocycles. The minimum atomic E-state index is -1.81. The number of carbonyl (C=O) groups is 2. The molecule has 1 aliphatic rings. The molecular formula is C12H12N2O5S. The number of rotatable bonds is 3. The Hall–Kier alpha value is -1.93. The third-order valence-corrected chi connectivity index (χ3v) is 4.04. The van der Waals surface area contributed by atoms with Gasteiger partial charge in [-0.2, -0.15) is 0 Å². The fourth-order valence-corrected chi connectivity index (χ4v) is 2.73. The van der Waals surface area contributed by atoms with Gasteiger partial charge in [-0.25, -0.2) is 0 Å². The third-order valence-electron chi connectivity index (χ3n) is 2.86. The first-order valence-electron chi connectivity index (χ1n) is 5.82. The molecule has 2 unspecified atom stereocenters. The molecule has 1 N–H and O–H groups in total. The van der Waals surface area contributed by atoms with Crippen LogP contribution in [0.1, 0.15) is 5.56 Å². The van der Waals surface area contributed by atoms with Crippen LogP contribution in [0.4, 0.5) is 0 Å². The number of benzene rings is 1. The Morgan fingerprint density at radius 3 is 2.60 bits per heavy atom. The molecule has 8 heteroatoms. The second-order valence-corrected chi connectivity index (χ2v) is 5.34. The van der Waals surface area contributed by atoms with Crippen molar-refractivity contribution in [3.63, 3.8) is 0 Å². The smallest absolute Gasteiger partial charge is 0.293 e. The third kappa shape index (κ3) is 2.97. The summed E-state index contributed by atoms with van der Waals surface area (Å²) in [6, 6.07) is 8.77. The van der Waals surface area contributed by atoms with E-state index in [9.17, 15) is 24.8 Å². The molecule has 1 aromatic rings. The Labute approximate surface area is 118 Å². The highest BCUT2D eigenvalue weighted by atomic mass is 32.2. The lowest BCUT2D eigenvalue weighted by molar-refractivity contribution is -0.503. The zero-order valence-electron chi connectivity index (χ0n) is 10.3. The van der Waals surface area contributed by atoms with Gasteiger partial charge in [0.1, 0.15) is 0 Å². The minimum absolute atomic E-state index is 0.000557. The van der Waals surface area contributed by atoms with Crippen LogP contribution in [0.15, 0.2) is 30.3 Å². The number of aliphatic hydroxyl groups excluding tert-OH is 1. The number of carbonyl (C=O) groups excluding carboxylic acids is 2. The van der Waals surface area contributed by atoms with E-state index < -0.39 is 28.2 Å². The summed E-state index contributed by atoms with van der Waals surface area (Å²) >= 11 is 0.665. The van der Waals surface area contributed by atoms with Gasteiger partial charge in [0.15, 0.2) is 0 Å². The summed E-state index contributed by atoms with van der Waals surface area (Å²) in [5.74, 6) is -1.67. The Morgan fingerprint density at radius 2 is 2.00 bits per heavy atom. The van der Waals surface area contributed by atoms with E-state index >= 15 is 0 Å². The van der Waals surface area contributed by atoms with Crippen molar-refractivity contribution in [3.8, 4) is 0 Å². The molecule has 1 aliphatic heterocycles. The number of nitrogens with zero attached hydrogens (tertiary/aromatic N) is 2. The summed E-state index contributed by atoms with van der Waals surface area (Å²) in [7, 11) is 0. The number of hydrogen-bond donors (Lipinski definition) is 1. The van der Waals surface area contributed by atoms with Crippen LogP contribution in [0, 0.1) is 10.1 Å². The molecule has 1 aromatic carbocycles. The summed E-state index contributed by atoms with van der Waals surface area (Å²) < 4.78 is 0. The van der Waals surface area contributed by atoms with E-state index in [1.165, 1.54) is 0 Å². The molecule has 106 valence electrons. The lowest BCUT2D eigenvalue weighted by Crippen LogP contribution is -2.45. The summed E-state index contributed by atoms with van der Waals surface area (Å²) in [6.45, 7) is 0.000557. The molecule has 0 aromatic heterocycles. The van der Waals surface area contributed by atoms with Gasteiger partial charge in [0, 0.05) is 4.92 Å². The lowest BCUT2D eigenvalue weighted by atomic mass is 10.2. The molecule has 7 nitrogen and oxygen atoms in total. The molecule has 0 bridgehead atoms. The second kappa shape index (κ2) is 6.02. The van der Waals surface area contributed by atoms with Crippen LogP contribution < -0.4 is 0 Å². The quantitative estimate of drug-likeness (QED) is 0.487. The molecule has 0 saturated carbocycles. The number of thioether (sulfide) groups is 1. The maximum atomic E-state index is 12.0. The van der Waals surface area contributed by atoms with Crippen LogP contribution in [-0.4, -0.2) is 44.0 Å². The van der Waals surface area contributed by atoms with E-state index in [1.807, 2.05) is 0 Å². The van der Waals surface area contributed by atoms with E-state index in [0.29, 0.717) is 17.3 Å². The number of nitro groups is 1. The van der Waals surface area contributed by atoms with Gasteiger partial charge >= 0.3 is 0 Å². The number of imide groups is 1. The average Bonchev–Trinajstić information content (AvgIpc) is 2.53. The highest BCUT2D eigenvalue weighted by Gasteiger charge is 2.43. The fraction of sp³-hybridized carbons (Fsp3) is 0.333. The van der Waals surface area contributed by atoms with E-state index in [1.54, 1.807) is 30.3 Å². The van der Waals surface area contributed by atoms with Crippen molar-refractivity contribution in [1.82, 2.24) is 4.90 Å². The van der Waals surface area contributed by atoms with E-state index in [0.717, 1.165) is 4.90 Å². The van der Waals surface area contributed by atoms with E-state index in [4.69, 9.17) is 0 Å². The first-order valence-corrected chi connectivity index (χ1v) is 6.87. The lowest BCUT2D eigenvalue weighted by Gasteiger charge is -2.20. The number of aliphatic hydroxyl groups is 1. The SMILES string of the molecule is O=C1CSC([N+](=O)[O-])C(O)C(=O)N1Cc1ccccc1. The average molecular weight is 296 g/mol. The molecule has 0 radical (unpaired) electrons. The maximum Gasteiger partial charge on any atom is 0.293 e. The Bertz CT molecular complexity index is 536. The second-order valence-electron chi connectivity index (χ2n) is 4.24. The van der Waals surface area contributed by atoms with Crippen LogP contribution in [-0.2, 0) is 16.1 Å². The maximum absolute atomic E-state index is 12.0. The molecule has 2 amide bonds. The first kappa shape index (κ1) is 14.5. The summed E-state index contributed by atoms with van der Waals surface area (Å²) in [4.78, 5) is 34.8. The summed E-state index contributed by atoms with van der Waals surface area (Å²) in [5.41, 5.74) is 0.714. The highest BCUT2D eigenvalue weighted by Crippen LogP contribution is 2.23. The van der Waals surface area contributed by atoms with Crippen molar-refractivity contribution in [3.05, 3.63) is 46.0 Å². The van der Waals surface area contributed by atoms with Gasteiger partial charge in [-0.1, -0.05) is 42.1 Å². The number of hydrogen-bond acceptors (Lipinski definition) is 6. The zero-order chi connectivity index (χ0) is 14.7. The molecule has 0 spiro atoms. The molecule has 1 saturated heterocycles.